The zero-order chi connectivity index (χ0) is 35.6. The van der Waals surface area contributed by atoms with Crippen molar-refractivity contribution >= 4 is 0 Å². The molecule has 52 heavy (non-hydrogen) atoms. The van der Waals surface area contributed by atoms with Crippen molar-refractivity contribution in [2.75, 3.05) is 0 Å². The molecule has 4 nitrogen and oxygen atoms in total. The number of likely N-dealkylation sites (tertiary alicyclic amines) is 1. The van der Waals surface area contributed by atoms with Crippen LogP contribution in [0.2, 0.25) is 0 Å². The van der Waals surface area contributed by atoms with Crippen LogP contribution >= 0.6 is 0 Å². The Hall–Kier alpha value is -0.160. The van der Waals surface area contributed by atoms with Gasteiger partial charge in [-0.05, 0) is 153 Å². The van der Waals surface area contributed by atoms with E-state index in [0.717, 1.165) is 77.3 Å². The normalized spacial score (nSPS) is 52.8. The van der Waals surface area contributed by atoms with Crippen molar-refractivity contribution in [1.82, 2.24) is 20.9 Å². The minimum atomic E-state index is 0.469. The number of hydrogen-bond acceptors (Lipinski definition) is 4. The van der Waals surface area contributed by atoms with E-state index in [2.05, 4.69) is 55.5 Å². The molecule has 0 aromatic carbocycles. The fourth-order valence-electron chi connectivity index (χ4n) is 16.6. The third kappa shape index (κ3) is 6.64. The summed E-state index contributed by atoms with van der Waals surface area (Å²) in [5.74, 6) is 8.79. The first kappa shape index (κ1) is 37.4. The molecule has 2 aliphatic heterocycles. The van der Waals surface area contributed by atoms with Gasteiger partial charge in [-0.1, -0.05) is 112 Å². The zero-order valence-corrected chi connectivity index (χ0v) is 34.9. The highest BCUT2D eigenvalue weighted by Gasteiger charge is 2.67. The third-order valence-electron chi connectivity index (χ3n) is 19.9. The topological polar surface area (TPSA) is 39.3 Å². The molecule has 0 amide bonds. The lowest BCUT2D eigenvalue weighted by Crippen LogP contribution is -2.73. The van der Waals surface area contributed by atoms with E-state index < -0.39 is 0 Å². The van der Waals surface area contributed by atoms with E-state index in [1.165, 1.54) is 161 Å². The minimum Gasteiger partial charge on any atom is -0.293 e. The average Bonchev–Trinajstić information content (AvgIpc) is 3.42. The molecule has 0 aromatic rings. The highest BCUT2D eigenvalue weighted by atomic mass is 15.4. The number of hydrogen-bond donors (Lipinski definition) is 3. The molecule has 9 fully saturated rings. The van der Waals surface area contributed by atoms with Crippen LogP contribution in [-0.4, -0.2) is 41.5 Å². The molecule has 15 unspecified atom stereocenters. The Kier molecular flexibility index (Phi) is 11.0. The summed E-state index contributed by atoms with van der Waals surface area (Å²) in [5.41, 5.74) is 1.07. The summed E-state index contributed by atoms with van der Waals surface area (Å²) in [7, 11) is 0. The van der Waals surface area contributed by atoms with Crippen LogP contribution in [0, 0.1) is 70.0 Å². The van der Waals surface area contributed by atoms with Crippen LogP contribution in [0.1, 0.15) is 195 Å². The molecule has 2 heterocycles. The molecule has 296 valence electrons. The van der Waals surface area contributed by atoms with E-state index in [0.29, 0.717) is 29.3 Å². The van der Waals surface area contributed by atoms with Crippen molar-refractivity contribution < 1.29 is 0 Å². The van der Waals surface area contributed by atoms with E-state index in [4.69, 9.17) is 0 Å². The van der Waals surface area contributed by atoms with E-state index >= 15 is 0 Å². The average molecular weight is 717 g/mol. The molecular formula is C48H84N4. The first-order valence-corrected chi connectivity index (χ1v) is 24.3. The first-order valence-electron chi connectivity index (χ1n) is 24.3. The summed E-state index contributed by atoms with van der Waals surface area (Å²) in [4.78, 5) is 3.47. The second-order valence-corrected chi connectivity index (χ2v) is 22.4. The Morgan fingerprint density at radius 3 is 1.79 bits per heavy atom. The van der Waals surface area contributed by atoms with E-state index in [1.54, 1.807) is 0 Å². The van der Waals surface area contributed by atoms with Crippen LogP contribution in [0.5, 0.6) is 0 Å². The van der Waals surface area contributed by atoms with Gasteiger partial charge in [-0.25, -0.2) is 0 Å². The Balaban J connectivity index is 1.03. The monoisotopic (exact) mass is 717 g/mol. The van der Waals surface area contributed by atoms with Gasteiger partial charge in [0.1, 0.15) is 0 Å². The van der Waals surface area contributed by atoms with Crippen molar-refractivity contribution in [3.8, 4) is 0 Å². The lowest BCUT2D eigenvalue weighted by Gasteiger charge is -2.59. The second kappa shape index (κ2) is 15.3. The van der Waals surface area contributed by atoms with Gasteiger partial charge >= 0.3 is 0 Å². The van der Waals surface area contributed by atoms with Gasteiger partial charge in [0.2, 0.25) is 0 Å². The highest BCUT2D eigenvalue weighted by Crippen LogP contribution is 2.67. The SMILES string of the molecule is CC1CCCC(C2CCC3(C)C4CC(C)C5(C)CCCCC5C4N(C4CCCC(C5NC(C6CCCCC6)NC(C6CCCCC6)N5)C4C)C3C2)C1. The molecule has 0 bridgehead atoms. The molecule has 9 rings (SSSR count). The predicted molar refractivity (Wildman–Crippen MR) is 218 cm³/mol. The minimum absolute atomic E-state index is 0.469. The van der Waals surface area contributed by atoms with E-state index in [-0.39, 0.29) is 0 Å². The number of nitrogens with zero attached hydrogens (tertiary/aromatic N) is 1. The molecule has 0 spiro atoms. The molecule has 7 aliphatic carbocycles. The van der Waals surface area contributed by atoms with Crippen molar-refractivity contribution in [3.05, 3.63) is 0 Å². The highest BCUT2D eigenvalue weighted by molar-refractivity contribution is 5.18. The zero-order valence-electron chi connectivity index (χ0n) is 34.9. The fraction of sp³-hybridized carbons (Fsp3) is 1.00. The van der Waals surface area contributed by atoms with Crippen LogP contribution in [0.4, 0.5) is 0 Å². The van der Waals surface area contributed by atoms with Gasteiger partial charge in [0.15, 0.2) is 0 Å². The van der Waals surface area contributed by atoms with Gasteiger partial charge in [-0.15, -0.1) is 0 Å². The van der Waals surface area contributed by atoms with Crippen LogP contribution in [0.3, 0.4) is 0 Å². The van der Waals surface area contributed by atoms with Crippen molar-refractivity contribution in [2.24, 2.45) is 70.0 Å². The van der Waals surface area contributed by atoms with Crippen LogP contribution < -0.4 is 16.0 Å². The van der Waals surface area contributed by atoms with Crippen LogP contribution in [0.25, 0.3) is 0 Å². The second-order valence-electron chi connectivity index (χ2n) is 22.4. The maximum atomic E-state index is 4.39. The third-order valence-corrected chi connectivity index (χ3v) is 19.9. The molecule has 4 heteroatoms. The molecule has 9 aliphatic rings. The van der Waals surface area contributed by atoms with Crippen molar-refractivity contribution in [1.29, 1.82) is 0 Å². The number of fused-ring (bicyclic) bond motifs is 5. The van der Waals surface area contributed by atoms with Gasteiger partial charge in [0.25, 0.3) is 0 Å². The molecule has 0 aromatic heterocycles. The Bertz CT molecular complexity index is 1170. The van der Waals surface area contributed by atoms with Gasteiger partial charge in [-0.2, -0.15) is 0 Å². The molecule has 7 saturated carbocycles. The summed E-state index contributed by atoms with van der Waals surface area (Å²) >= 11 is 0. The van der Waals surface area contributed by atoms with Gasteiger partial charge in [-0.3, -0.25) is 20.9 Å². The summed E-state index contributed by atoms with van der Waals surface area (Å²) in [6.45, 7) is 13.7. The van der Waals surface area contributed by atoms with Crippen LogP contribution in [-0.2, 0) is 0 Å². The number of rotatable bonds is 5. The fourth-order valence-corrected chi connectivity index (χ4v) is 16.6. The Morgan fingerprint density at radius 1 is 0.481 bits per heavy atom. The first-order chi connectivity index (χ1) is 25.2. The molecule has 3 N–H and O–H groups in total. The van der Waals surface area contributed by atoms with E-state index in [9.17, 15) is 0 Å². The summed E-state index contributed by atoms with van der Waals surface area (Å²) in [5, 5.41) is 13.1. The molecule has 15 atom stereocenters. The number of nitrogens with one attached hydrogen (secondary N) is 3. The standard InChI is InChI=1S/C48H84N4/c1-31-16-14-21-36(28-31)37-25-27-48(5)40-29-32(2)47(4)26-13-12-23-39(47)43(40)52(42(48)30-37)41-24-15-22-38(33(41)3)46-50-44(34-17-8-6-9-18-34)49-45(51-46)35-19-10-7-11-20-35/h31-46,49-51H,6-30H2,1-5H3. The molecule has 0 radical (unpaired) electrons. The maximum Gasteiger partial charge on any atom is 0.0627 e. The molecule has 2 saturated heterocycles. The van der Waals surface area contributed by atoms with Crippen LogP contribution in [0.15, 0.2) is 0 Å². The van der Waals surface area contributed by atoms with E-state index in [1.807, 2.05) is 0 Å². The Labute approximate surface area is 321 Å². The van der Waals surface area contributed by atoms with Crippen molar-refractivity contribution in [2.45, 2.75) is 232 Å². The Morgan fingerprint density at radius 2 is 1.10 bits per heavy atom. The summed E-state index contributed by atoms with van der Waals surface area (Å²) in [6, 6.07) is 2.42. The van der Waals surface area contributed by atoms with Crippen molar-refractivity contribution in [3.63, 3.8) is 0 Å². The summed E-state index contributed by atoms with van der Waals surface area (Å²) < 4.78 is 0. The van der Waals surface area contributed by atoms with Gasteiger partial charge in [0.05, 0.1) is 18.5 Å². The quantitative estimate of drug-likeness (QED) is 0.265. The van der Waals surface area contributed by atoms with Gasteiger partial charge < -0.3 is 0 Å². The molecular weight excluding hydrogens is 633 g/mol. The largest absolute Gasteiger partial charge is 0.293 e. The predicted octanol–water partition coefficient (Wildman–Crippen LogP) is 11.3. The maximum absolute atomic E-state index is 4.39. The lowest BCUT2D eigenvalue weighted by atomic mass is 9.48. The van der Waals surface area contributed by atoms with Gasteiger partial charge in [0, 0.05) is 18.1 Å². The smallest absolute Gasteiger partial charge is 0.0627 e. The lowest BCUT2D eigenvalue weighted by molar-refractivity contribution is -0.0916. The summed E-state index contributed by atoms with van der Waals surface area (Å²) in [6.07, 6.45) is 38.3.